The van der Waals surface area contributed by atoms with E-state index < -0.39 is 12.0 Å². The highest BCUT2D eigenvalue weighted by Gasteiger charge is 2.27. The second-order valence-corrected chi connectivity index (χ2v) is 5.40. The van der Waals surface area contributed by atoms with Gasteiger partial charge in [0.15, 0.2) is 0 Å². The molecule has 2 N–H and O–H groups in total. The van der Waals surface area contributed by atoms with Crippen molar-refractivity contribution in [3.05, 3.63) is 33.4 Å². The van der Waals surface area contributed by atoms with Crippen LogP contribution >= 0.6 is 22.6 Å². The summed E-state index contributed by atoms with van der Waals surface area (Å²) in [7, 11) is 0. The third-order valence-corrected chi connectivity index (χ3v) is 3.66. The van der Waals surface area contributed by atoms with Crippen LogP contribution in [0.25, 0.3) is 0 Å². The van der Waals surface area contributed by atoms with E-state index in [0.29, 0.717) is 13.1 Å². The highest BCUT2D eigenvalue weighted by molar-refractivity contribution is 14.1. The summed E-state index contributed by atoms with van der Waals surface area (Å²) in [5, 5.41) is 12.3. The van der Waals surface area contributed by atoms with Gasteiger partial charge in [0.05, 0.1) is 0 Å². The number of nitrogens with zero attached hydrogens (tertiary/aromatic N) is 1. The number of rotatable bonds is 3. The number of halogens is 1. The zero-order valence-electron chi connectivity index (χ0n) is 9.40. The van der Waals surface area contributed by atoms with Crippen molar-refractivity contribution in [1.82, 2.24) is 10.2 Å². The lowest BCUT2D eigenvalue weighted by atomic mass is 10.1. The maximum absolute atomic E-state index is 11.1. The van der Waals surface area contributed by atoms with Crippen molar-refractivity contribution in [3.8, 4) is 0 Å². The van der Waals surface area contributed by atoms with Gasteiger partial charge in [0.25, 0.3) is 0 Å². The first-order valence-corrected chi connectivity index (χ1v) is 6.67. The van der Waals surface area contributed by atoms with Gasteiger partial charge < -0.3 is 10.4 Å². The Balaban J connectivity index is 2.05. The van der Waals surface area contributed by atoms with Crippen molar-refractivity contribution in [3.63, 3.8) is 0 Å². The van der Waals surface area contributed by atoms with Gasteiger partial charge in [-0.3, -0.25) is 9.69 Å². The maximum atomic E-state index is 11.1. The van der Waals surface area contributed by atoms with Crippen molar-refractivity contribution in [2.75, 3.05) is 19.6 Å². The van der Waals surface area contributed by atoms with Crippen LogP contribution in [0.5, 0.6) is 0 Å². The van der Waals surface area contributed by atoms with Crippen LogP contribution in [-0.4, -0.2) is 41.7 Å². The number of carbonyl (C=O) groups is 1. The highest BCUT2D eigenvalue weighted by atomic mass is 127. The standard InChI is InChI=1S/C12H15IN2O2/c13-10-3-1-9(2-4-10)8-15-6-5-14-7-11(15)12(16)17/h1-4,11,14H,5-8H2,(H,16,17). The molecular weight excluding hydrogens is 331 g/mol. The van der Waals surface area contributed by atoms with Crippen molar-refractivity contribution in [2.24, 2.45) is 0 Å². The normalized spacial score (nSPS) is 21.4. The number of hydrogen-bond donors (Lipinski definition) is 2. The van der Waals surface area contributed by atoms with Gasteiger partial charge in [0.2, 0.25) is 0 Å². The molecule has 4 nitrogen and oxygen atoms in total. The van der Waals surface area contributed by atoms with E-state index in [9.17, 15) is 4.79 Å². The predicted octanol–water partition coefficient (Wildman–Crippen LogP) is 1.15. The van der Waals surface area contributed by atoms with E-state index in [0.717, 1.165) is 13.1 Å². The van der Waals surface area contributed by atoms with Crippen LogP contribution in [0.1, 0.15) is 5.56 Å². The Labute approximate surface area is 114 Å². The van der Waals surface area contributed by atoms with E-state index in [1.54, 1.807) is 0 Å². The summed E-state index contributed by atoms with van der Waals surface area (Å²) >= 11 is 2.26. The number of hydrogen-bond acceptors (Lipinski definition) is 3. The van der Waals surface area contributed by atoms with E-state index >= 15 is 0 Å². The van der Waals surface area contributed by atoms with Crippen LogP contribution in [0.15, 0.2) is 24.3 Å². The zero-order valence-corrected chi connectivity index (χ0v) is 11.6. The average molecular weight is 346 g/mol. The minimum atomic E-state index is -0.747. The number of carboxylic acid groups (broad SMARTS) is 1. The topological polar surface area (TPSA) is 52.6 Å². The fourth-order valence-electron chi connectivity index (χ4n) is 2.00. The van der Waals surface area contributed by atoms with E-state index in [1.165, 1.54) is 9.13 Å². The summed E-state index contributed by atoms with van der Waals surface area (Å²) in [5.74, 6) is -0.747. The first kappa shape index (κ1) is 12.8. The first-order chi connectivity index (χ1) is 8.16. The molecule has 2 rings (SSSR count). The maximum Gasteiger partial charge on any atom is 0.322 e. The molecule has 0 amide bonds. The van der Waals surface area contributed by atoms with Crippen LogP contribution in [0.2, 0.25) is 0 Å². The minimum absolute atomic E-state index is 0.414. The number of piperazine rings is 1. The van der Waals surface area contributed by atoms with E-state index in [1.807, 2.05) is 17.0 Å². The second-order valence-electron chi connectivity index (χ2n) is 4.16. The van der Waals surface area contributed by atoms with E-state index in [-0.39, 0.29) is 0 Å². The van der Waals surface area contributed by atoms with Crippen LogP contribution in [-0.2, 0) is 11.3 Å². The lowest BCUT2D eigenvalue weighted by Crippen LogP contribution is -2.54. The Bertz CT molecular complexity index is 394. The van der Waals surface area contributed by atoms with E-state index in [2.05, 4.69) is 40.0 Å². The Morgan fingerprint density at radius 2 is 2.18 bits per heavy atom. The lowest BCUT2D eigenvalue weighted by Gasteiger charge is -2.33. The molecule has 1 saturated heterocycles. The van der Waals surface area contributed by atoms with Crippen molar-refractivity contribution in [1.29, 1.82) is 0 Å². The largest absolute Gasteiger partial charge is 0.480 e. The molecular formula is C12H15IN2O2. The van der Waals surface area contributed by atoms with Gasteiger partial charge in [-0.2, -0.15) is 0 Å². The Morgan fingerprint density at radius 1 is 1.47 bits per heavy atom. The van der Waals surface area contributed by atoms with Gasteiger partial charge in [0.1, 0.15) is 6.04 Å². The molecule has 0 spiro atoms. The molecule has 1 aliphatic heterocycles. The average Bonchev–Trinajstić information content (AvgIpc) is 2.32. The molecule has 92 valence electrons. The molecule has 1 atom stereocenters. The summed E-state index contributed by atoms with van der Waals surface area (Å²) < 4.78 is 1.20. The third-order valence-electron chi connectivity index (χ3n) is 2.94. The predicted molar refractivity (Wildman–Crippen MR) is 73.9 cm³/mol. The van der Waals surface area contributed by atoms with Crippen LogP contribution in [0.3, 0.4) is 0 Å². The van der Waals surface area contributed by atoms with Crippen molar-refractivity contribution in [2.45, 2.75) is 12.6 Å². The second kappa shape index (κ2) is 5.79. The molecule has 0 radical (unpaired) electrons. The van der Waals surface area contributed by atoms with Gasteiger partial charge in [-0.15, -0.1) is 0 Å². The van der Waals surface area contributed by atoms with Crippen LogP contribution in [0, 0.1) is 3.57 Å². The number of benzene rings is 1. The highest BCUT2D eigenvalue weighted by Crippen LogP contribution is 2.12. The van der Waals surface area contributed by atoms with Gasteiger partial charge in [-0.25, -0.2) is 0 Å². The molecule has 1 heterocycles. The first-order valence-electron chi connectivity index (χ1n) is 5.59. The summed E-state index contributed by atoms with van der Waals surface area (Å²) in [6.07, 6.45) is 0. The van der Waals surface area contributed by atoms with E-state index in [4.69, 9.17) is 5.11 Å². The molecule has 17 heavy (non-hydrogen) atoms. The SMILES string of the molecule is O=C(O)C1CNCCN1Cc1ccc(I)cc1. The zero-order chi connectivity index (χ0) is 12.3. The van der Waals surface area contributed by atoms with Gasteiger partial charge in [-0.1, -0.05) is 12.1 Å². The van der Waals surface area contributed by atoms with Crippen molar-refractivity contribution < 1.29 is 9.90 Å². The van der Waals surface area contributed by atoms with Gasteiger partial charge >= 0.3 is 5.97 Å². The fraction of sp³-hybridized carbons (Fsp3) is 0.417. The van der Waals surface area contributed by atoms with Gasteiger partial charge in [-0.05, 0) is 40.3 Å². The van der Waals surface area contributed by atoms with Crippen molar-refractivity contribution >= 4 is 28.6 Å². The molecule has 5 heteroatoms. The number of aliphatic carboxylic acids is 1. The molecule has 1 fully saturated rings. The smallest absolute Gasteiger partial charge is 0.322 e. The summed E-state index contributed by atoms with van der Waals surface area (Å²) in [4.78, 5) is 13.1. The Morgan fingerprint density at radius 3 is 2.82 bits per heavy atom. The number of carboxylic acids is 1. The molecule has 1 aromatic carbocycles. The minimum Gasteiger partial charge on any atom is -0.480 e. The van der Waals surface area contributed by atoms with Crippen LogP contribution < -0.4 is 5.32 Å². The molecule has 0 aliphatic carbocycles. The summed E-state index contributed by atoms with van der Waals surface area (Å²) in [5.41, 5.74) is 1.17. The molecule has 1 unspecified atom stereocenters. The Hall–Kier alpha value is -0.660. The third kappa shape index (κ3) is 3.40. The quantitative estimate of drug-likeness (QED) is 0.807. The monoisotopic (exact) mass is 346 g/mol. The molecule has 0 bridgehead atoms. The van der Waals surface area contributed by atoms with Crippen LogP contribution in [0.4, 0.5) is 0 Å². The summed E-state index contributed by atoms with van der Waals surface area (Å²) in [6.45, 7) is 2.87. The molecule has 1 aliphatic rings. The molecule has 0 saturated carbocycles. The lowest BCUT2D eigenvalue weighted by molar-refractivity contribution is -0.144. The van der Waals surface area contributed by atoms with Gasteiger partial charge in [0, 0.05) is 29.7 Å². The Kier molecular flexibility index (Phi) is 4.36. The molecule has 1 aromatic rings. The summed E-state index contributed by atoms with van der Waals surface area (Å²) in [6, 6.07) is 7.80. The molecule has 0 aromatic heterocycles. The fourth-order valence-corrected chi connectivity index (χ4v) is 2.36. The number of nitrogens with one attached hydrogen (secondary N) is 1.